The summed E-state index contributed by atoms with van der Waals surface area (Å²) in [5.41, 5.74) is 4.93. The molecule has 0 saturated heterocycles. The van der Waals surface area contributed by atoms with Crippen LogP contribution in [-0.4, -0.2) is 37.6 Å². The van der Waals surface area contributed by atoms with Crippen molar-refractivity contribution < 1.29 is 4.79 Å². The lowest BCUT2D eigenvalue weighted by Gasteiger charge is -2.10. The number of nitrogens with one attached hydrogen (secondary N) is 1. The zero-order valence-electron chi connectivity index (χ0n) is 16.2. The topological polar surface area (TPSA) is 85.1 Å². The fraction of sp³-hybridized carbons (Fsp3) is 0.0455. The molecule has 4 rings (SSSR count). The Morgan fingerprint density at radius 3 is 2.55 bits per heavy atom. The summed E-state index contributed by atoms with van der Waals surface area (Å²) in [5, 5.41) is 13.8. The smallest absolute Gasteiger partial charge is 0.250 e. The first kappa shape index (κ1) is 20.8. The van der Waals surface area contributed by atoms with Gasteiger partial charge in [0.15, 0.2) is 11.0 Å². The summed E-state index contributed by atoms with van der Waals surface area (Å²) in [6, 6.07) is 22.6. The molecule has 2 aromatic heterocycles. The number of hydrogen-bond donors (Lipinski definition) is 1. The lowest BCUT2D eigenvalue weighted by atomic mass is 10.2. The van der Waals surface area contributed by atoms with Crippen LogP contribution in [0.2, 0.25) is 5.02 Å². The summed E-state index contributed by atoms with van der Waals surface area (Å²) in [6.45, 7) is 0. The van der Waals surface area contributed by atoms with Crippen LogP contribution in [0.1, 0.15) is 5.69 Å². The van der Waals surface area contributed by atoms with E-state index in [4.69, 9.17) is 11.6 Å². The van der Waals surface area contributed by atoms with Gasteiger partial charge in [0.05, 0.1) is 17.7 Å². The molecule has 1 amide bonds. The SMILES string of the molecule is O=C(CSc1nnc(-c2ccc(Cl)cc2)n1-c1ccccc1)NN=Cc1ccccn1. The van der Waals surface area contributed by atoms with Crippen LogP contribution in [0, 0.1) is 0 Å². The Labute approximate surface area is 188 Å². The van der Waals surface area contributed by atoms with Gasteiger partial charge in [0, 0.05) is 22.5 Å². The first-order chi connectivity index (χ1) is 15.2. The molecule has 2 aromatic carbocycles. The third-order valence-electron chi connectivity index (χ3n) is 4.16. The van der Waals surface area contributed by atoms with Crippen LogP contribution >= 0.6 is 23.4 Å². The van der Waals surface area contributed by atoms with E-state index >= 15 is 0 Å². The van der Waals surface area contributed by atoms with Crippen molar-refractivity contribution in [2.24, 2.45) is 5.10 Å². The maximum absolute atomic E-state index is 12.2. The van der Waals surface area contributed by atoms with Gasteiger partial charge in [-0.1, -0.05) is 47.6 Å². The van der Waals surface area contributed by atoms with Crippen molar-refractivity contribution in [1.29, 1.82) is 0 Å². The highest BCUT2D eigenvalue weighted by Gasteiger charge is 2.17. The number of halogens is 1. The minimum Gasteiger partial charge on any atom is -0.272 e. The van der Waals surface area contributed by atoms with Gasteiger partial charge in [-0.3, -0.25) is 14.3 Å². The van der Waals surface area contributed by atoms with Crippen molar-refractivity contribution in [3.8, 4) is 17.1 Å². The van der Waals surface area contributed by atoms with E-state index in [1.165, 1.54) is 18.0 Å². The lowest BCUT2D eigenvalue weighted by molar-refractivity contribution is -0.118. The average Bonchev–Trinajstić information content (AvgIpc) is 3.23. The zero-order valence-corrected chi connectivity index (χ0v) is 17.8. The highest BCUT2D eigenvalue weighted by Crippen LogP contribution is 2.28. The number of rotatable bonds is 7. The van der Waals surface area contributed by atoms with Crippen molar-refractivity contribution in [2.75, 3.05) is 5.75 Å². The number of pyridine rings is 1. The maximum atomic E-state index is 12.2. The summed E-state index contributed by atoms with van der Waals surface area (Å²) in [7, 11) is 0. The third-order valence-corrected chi connectivity index (χ3v) is 5.34. The normalized spacial score (nSPS) is 11.0. The Balaban J connectivity index is 1.51. The van der Waals surface area contributed by atoms with Gasteiger partial charge in [-0.05, 0) is 48.5 Å². The Morgan fingerprint density at radius 1 is 1.03 bits per heavy atom. The zero-order chi connectivity index (χ0) is 21.5. The van der Waals surface area contributed by atoms with E-state index in [0.29, 0.717) is 21.7 Å². The fourth-order valence-electron chi connectivity index (χ4n) is 2.74. The maximum Gasteiger partial charge on any atom is 0.250 e. The van der Waals surface area contributed by atoms with Crippen LogP contribution in [0.3, 0.4) is 0 Å². The number of hydrazone groups is 1. The molecule has 0 atom stereocenters. The van der Waals surface area contributed by atoms with Crippen molar-refractivity contribution >= 4 is 35.5 Å². The molecule has 0 aliphatic rings. The number of benzene rings is 2. The molecule has 0 spiro atoms. The molecular formula is C22H17ClN6OS. The first-order valence-electron chi connectivity index (χ1n) is 9.33. The van der Waals surface area contributed by atoms with Gasteiger partial charge in [-0.2, -0.15) is 5.10 Å². The van der Waals surface area contributed by atoms with Crippen LogP contribution in [0.15, 0.2) is 89.3 Å². The summed E-state index contributed by atoms with van der Waals surface area (Å²) >= 11 is 7.30. The number of thioether (sulfide) groups is 1. The van der Waals surface area contributed by atoms with Crippen molar-refractivity contribution in [3.63, 3.8) is 0 Å². The standard InChI is InChI=1S/C22H17ClN6OS/c23-17-11-9-16(10-12-17)21-27-28-22(29(21)19-7-2-1-3-8-19)31-15-20(30)26-25-14-18-6-4-5-13-24-18/h1-14H,15H2,(H,26,30). The monoisotopic (exact) mass is 448 g/mol. The number of hydrogen-bond acceptors (Lipinski definition) is 6. The van der Waals surface area contributed by atoms with Gasteiger partial charge >= 0.3 is 0 Å². The molecule has 0 aliphatic carbocycles. The molecule has 4 aromatic rings. The molecule has 9 heteroatoms. The Hall–Kier alpha value is -3.49. The molecule has 0 fully saturated rings. The van der Waals surface area contributed by atoms with Crippen LogP contribution < -0.4 is 5.43 Å². The fourth-order valence-corrected chi connectivity index (χ4v) is 3.61. The highest BCUT2D eigenvalue weighted by molar-refractivity contribution is 7.99. The van der Waals surface area contributed by atoms with E-state index in [0.717, 1.165) is 11.3 Å². The molecule has 154 valence electrons. The Morgan fingerprint density at radius 2 is 1.81 bits per heavy atom. The van der Waals surface area contributed by atoms with E-state index in [9.17, 15) is 4.79 Å². The molecule has 2 heterocycles. The number of carbonyl (C=O) groups excluding carboxylic acids is 1. The third kappa shape index (κ3) is 5.36. The number of amides is 1. The minimum absolute atomic E-state index is 0.130. The highest BCUT2D eigenvalue weighted by atomic mass is 35.5. The first-order valence-corrected chi connectivity index (χ1v) is 10.7. The van der Waals surface area contributed by atoms with Gasteiger partial charge in [0.2, 0.25) is 0 Å². The quantitative estimate of drug-likeness (QED) is 0.260. The molecule has 1 N–H and O–H groups in total. The summed E-state index contributed by atoms with van der Waals surface area (Å²) < 4.78 is 1.92. The minimum atomic E-state index is -0.257. The van der Waals surface area contributed by atoms with Crippen LogP contribution in [0.4, 0.5) is 0 Å². The summed E-state index contributed by atoms with van der Waals surface area (Å²) in [6.07, 6.45) is 3.15. The number of aromatic nitrogens is 4. The van der Waals surface area contributed by atoms with E-state index in [1.807, 2.05) is 59.2 Å². The Bertz CT molecular complexity index is 1180. The number of carbonyl (C=O) groups is 1. The van der Waals surface area contributed by atoms with Crippen LogP contribution in [-0.2, 0) is 4.79 Å². The van der Waals surface area contributed by atoms with E-state index in [2.05, 4.69) is 25.7 Å². The predicted molar refractivity (Wildman–Crippen MR) is 123 cm³/mol. The van der Waals surface area contributed by atoms with Crippen LogP contribution in [0.25, 0.3) is 17.1 Å². The van der Waals surface area contributed by atoms with Gasteiger partial charge < -0.3 is 0 Å². The molecule has 0 saturated carbocycles. The van der Waals surface area contributed by atoms with E-state index in [1.54, 1.807) is 24.4 Å². The molecule has 7 nitrogen and oxygen atoms in total. The van der Waals surface area contributed by atoms with E-state index < -0.39 is 0 Å². The van der Waals surface area contributed by atoms with Gasteiger partial charge in [0.25, 0.3) is 5.91 Å². The van der Waals surface area contributed by atoms with E-state index in [-0.39, 0.29) is 11.7 Å². The van der Waals surface area contributed by atoms with Crippen LogP contribution in [0.5, 0.6) is 0 Å². The molecule has 31 heavy (non-hydrogen) atoms. The van der Waals surface area contributed by atoms with Crippen molar-refractivity contribution in [1.82, 2.24) is 25.2 Å². The summed E-state index contributed by atoms with van der Waals surface area (Å²) in [4.78, 5) is 16.3. The average molecular weight is 449 g/mol. The second-order valence-electron chi connectivity index (χ2n) is 6.32. The molecule has 0 aliphatic heterocycles. The molecule has 0 bridgehead atoms. The second kappa shape index (κ2) is 10.0. The predicted octanol–water partition coefficient (Wildman–Crippen LogP) is 4.23. The summed E-state index contributed by atoms with van der Waals surface area (Å²) in [5.74, 6) is 0.539. The molecular weight excluding hydrogens is 432 g/mol. The number of para-hydroxylation sites is 1. The molecule has 0 radical (unpaired) electrons. The number of nitrogens with zero attached hydrogens (tertiary/aromatic N) is 5. The van der Waals surface area contributed by atoms with Gasteiger partial charge in [-0.15, -0.1) is 10.2 Å². The van der Waals surface area contributed by atoms with Crippen molar-refractivity contribution in [3.05, 3.63) is 89.7 Å². The second-order valence-corrected chi connectivity index (χ2v) is 7.70. The lowest BCUT2D eigenvalue weighted by Crippen LogP contribution is -2.20. The molecule has 0 unspecified atom stereocenters. The van der Waals surface area contributed by atoms with Crippen molar-refractivity contribution in [2.45, 2.75) is 5.16 Å². The van der Waals surface area contributed by atoms with Gasteiger partial charge in [0.1, 0.15) is 0 Å². The Kier molecular flexibility index (Phi) is 6.71. The van der Waals surface area contributed by atoms with Gasteiger partial charge in [-0.25, -0.2) is 5.43 Å². The largest absolute Gasteiger partial charge is 0.272 e.